The van der Waals surface area contributed by atoms with Crippen LogP contribution in [0.1, 0.15) is 27.7 Å². The molecule has 1 aliphatic heterocycles. The summed E-state index contributed by atoms with van der Waals surface area (Å²) in [5.41, 5.74) is 17.7. The molecule has 110 heavy (non-hydrogen) atoms. The lowest BCUT2D eigenvalue weighted by atomic mass is 9.79. The normalized spacial score (nSPS) is 13.2. The SMILES string of the molecule is Brc1cccc2c3ccccc3n(-c3nc(-c4ccccc4)nc(-c4ccccc4)n3)c12.CC1(C)OB(c2ccc(-n3c4ccccc4c4ccccc43)cc2)OC1(C)C.c1ccc(-c2nc(-c3ccccc3)nc(-n3c4ccccc4c4cccc(-c5ccc(-n6c7ccccc7c7ccccc76)cc5)c43)n2)cc1. The number of hydrogen-bond acceptors (Lipinski definition) is 8. The molecule has 1 fully saturated rings. The Morgan fingerprint density at radius 1 is 0.255 bits per heavy atom. The average Bonchev–Trinajstić information content (AvgIpc) is 1.59. The number of nitrogens with zero attached hydrogens (tertiary/aromatic N) is 10. The molecule has 0 spiro atoms. The summed E-state index contributed by atoms with van der Waals surface area (Å²) in [5, 5.41) is 9.65. The Labute approximate surface area is 644 Å². The van der Waals surface area contributed by atoms with E-state index < -0.39 is 0 Å². The summed E-state index contributed by atoms with van der Waals surface area (Å²) in [7, 11) is -0.336. The third-order valence-electron chi connectivity index (χ3n) is 21.4. The molecule has 0 radical (unpaired) electrons. The number of benzene rings is 14. The molecule has 0 atom stereocenters. The van der Waals surface area contributed by atoms with E-state index >= 15 is 0 Å². The number of halogens is 1. The maximum atomic E-state index is 6.19. The van der Waals surface area contributed by atoms with Gasteiger partial charge in [-0.25, -0.2) is 9.97 Å². The maximum absolute atomic E-state index is 6.19. The zero-order valence-electron chi connectivity index (χ0n) is 60.7. The first kappa shape index (κ1) is 67.4. The monoisotopic (exact) mass is 1480 g/mol. The zero-order chi connectivity index (χ0) is 74.0. The van der Waals surface area contributed by atoms with Gasteiger partial charge in [-0.1, -0.05) is 285 Å². The number of hydrogen-bond donors (Lipinski definition) is 0. The van der Waals surface area contributed by atoms with Gasteiger partial charge in [0.1, 0.15) is 0 Å². The van der Waals surface area contributed by atoms with E-state index in [2.05, 4.69) is 286 Å². The summed E-state index contributed by atoms with van der Waals surface area (Å²) in [6.07, 6.45) is 0. The van der Waals surface area contributed by atoms with Crippen LogP contribution in [0.15, 0.2) is 356 Å². The van der Waals surface area contributed by atoms with Crippen molar-refractivity contribution in [2.45, 2.75) is 38.9 Å². The molecule has 0 unspecified atom stereocenters. The van der Waals surface area contributed by atoms with Gasteiger partial charge >= 0.3 is 7.12 Å². The van der Waals surface area contributed by atoms with Crippen LogP contribution in [0.5, 0.6) is 0 Å². The molecule has 14 aromatic carbocycles. The van der Waals surface area contributed by atoms with Crippen LogP contribution in [0.2, 0.25) is 0 Å². The van der Waals surface area contributed by atoms with Crippen LogP contribution < -0.4 is 5.46 Å². The molecule has 20 aromatic rings. The summed E-state index contributed by atoms with van der Waals surface area (Å²) < 4.78 is 22.4. The van der Waals surface area contributed by atoms with Crippen LogP contribution in [0.3, 0.4) is 0 Å². The van der Waals surface area contributed by atoms with E-state index in [-0.39, 0.29) is 18.3 Å². The highest BCUT2D eigenvalue weighted by Crippen LogP contribution is 2.42. The van der Waals surface area contributed by atoms with Crippen molar-refractivity contribution in [3.05, 3.63) is 356 Å². The van der Waals surface area contributed by atoms with E-state index in [0.29, 0.717) is 35.2 Å². The van der Waals surface area contributed by atoms with Gasteiger partial charge in [-0.05, 0) is 121 Å². The smallest absolute Gasteiger partial charge is 0.399 e. The minimum Gasteiger partial charge on any atom is -0.399 e. The fraction of sp³-hybridized carbons (Fsp3) is 0.0625. The van der Waals surface area contributed by atoms with Crippen LogP contribution in [0.25, 0.3) is 167 Å². The number of aromatic nitrogens is 10. The van der Waals surface area contributed by atoms with E-state index in [1.807, 2.05) is 127 Å². The van der Waals surface area contributed by atoms with Gasteiger partial charge in [-0.2, -0.15) is 19.9 Å². The molecule has 6 aromatic heterocycles. The van der Waals surface area contributed by atoms with Crippen LogP contribution in [-0.2, 0) is 9.31 Å². The summed E-state index contributed by atoms with van der Waals surface area (Å²) in [6, 6.07) is 122. The first-order valence-corrected chi connectivity index (χ1v) is 37.8. The Morgan fingerprint density at radius 3 is 0.900 bits per heavy atom. The first-order chi connectivity index (χ1) is 54.0. The second kappa shape index (κ2) is 27.8. The number of rotatable bonds is 10. The van der Waals surface area contributed by atoms with E-state index in [1.54, 1.807) is 0 Å². The van der Waals surface area contributed by atoms with Crippen molar-refractivity contribution in [2.24, 2.45) is 0 Å². The van der Waals surface area contributed by atoms with Crippen LogP contribution in [0, 0.1) is 0 Å². The molecule has 12 nitrogen and oxygen atoms in total. The van der Waals surface area contributed by atoms with E-state index in [4.69, 9.17) is 39.2 Å². The van der Waals surface area contributed by atoms with Gasteiger partial charge in [0.25, 0.3) is 0 Å². The minimum absolute atomic E-state index is 0.330. The Balaban J connectivity index is 0.000000118. The van der Waals surface area contributed by atoms with Crippen molar-refractivity contribution in [1.29, 1.82) is 0 Å². The van der Waals surface area contributed by atoms with Crippen molar-refractivity contribution in [3.63, 3.8) is 0 Å². The van der Waals surface area contributed by atoms with Gasteiger partial charge in [0.2, 0.25) is 11.9 Å². The highest BCUT2D eigenvalue weighted by Gasteiger charge is 2.51. The predicted molar refractivity (Wildman–Crippen MR) is 454 cm³/mol. The topological polar surface area (TPSA) is 116 Å². The Bertz CT molecular complexity index is 6620. The van der Waals surface area contributed by atoms with Crippen LogP contribution in [0.4, 0.5) is 0 Å². The first-order valence-electron chi connectivity index (χ1n) is 37.0. The molecule has 0 amide bonds. The lowest BCUT2D eigenvalue weighted by Crippen LogP contribution is -2.41. The second-order valence-corrected chi connectivity index (χ2v) is 29.4. The molecule has 14 heteroatoms. The molecule has 0 saturated carbocycles. The van der Waals surface area contributed by atoms with E-state index in [0.717, 1.165) is 98.3 Å². The van der Waals surface area contributed by atoms with Gasteiger partial charge in [0.15, 0.2) is 23.3 Å². The van der Waals surface area contributed by atoms with E-state index in [9.17, 15) is 0 Å². The third-order valence-corrected chi connectivity index (χ3v) is 22.0. The molecule has 0 N–H and O–H groups in total. The molecule has 0 bridgehead atoms. The quantitative estimate of drug-likeness (QED) is 0.124. The van der Waals surface area contributed by atoms with Crippen LogP contribution >= 0.6 is 15.9 Å². The number of fused-ring (bicyclic) bond motifs is 12. The molecule has 1 aliphatic rings. The Hall–Kier alpha value is -13.2. The van der Waals surface area contributed by atoms with Crippen molar-refractivity contribution >= 4 is 116 Å². The van der Waals surface area contributed by atoms with Gasteiger partial charge in [-0.3, -0.25) is 9.13 Å². The fourth-order valence-corrected chi connectivity index (χ4v) is 15.9. The fourth-order valence-electron chi connectivity index (χ4n) is 15.4. The second-order valence-electron chi connectivity index (χ2n) is 28.5. The molecular formula is C96H70BBrN10O2. The van der Waals surface area contributed by atoms with Crippen molar-refractivity contribution in [3.8, 4) is 79.9 Å². The van der Waals surface area contributed by atoms with Crippen molar-refractivity contribution < 1.29 is 9.31 Å². The minimum atomic E-state index is -0.336. The molecule has 7 heterocycles. The average molecular weight is 1490 g/mol. The van der Waals surface area contributed by atoms with Gasteiger partial charge in [0.05, 0.1) is 55.3 Å². The molecule has 1 saturated heterocycles. The zero-order valence-corrected chi connectivity index (χ0v) is 62.3. The summed E-state index contributed by atoms with van der Waals surface area (Å²) in [5.74, 6) is 3.73. The standard InChI is InChI=1S/C45H29N5.C27H17BrN4.C24H24BNO2/c1-3-14-31(15-4-1)43-46-44(32-16-5-2-6-17-32)48-45(47-43)50-41-25-12-9-20-37(41)38-22-13-21-34(42(38)50)30-26-28-33(29-27-30)49-39-23-10-7-18-35(39)36-19-8-11-24-40(36)49;28-22-16-9-15-21-20-14-7-8-17-23(20)32(24(21)22)27-30-25(18-10-3-1-4-11-18)29-26(31-27)19-12-5-2-6-13-19;1-23(2)24(3,4)28-25(27-23)17-13-15-18(16-14-17)26-21-11-7-5-9-19(21)20-10-6-8-12-22(20)26/h1-29H;1-17H;5-16H,1-4H3. The van der Waals surface area contributed by atoms with Gasteiger partial charge < -0.3 is 18.4 Å². The van der Waals surface area contributed by atoms with Crippen molar-refractivity contribution in [2.75, 3.05) is 0 Å². The highest BCUT2D eigenvalue weighted by molar-refractivity contribution is 9.10. The van der Waals surface area contributed by atoms with Crippen molar-refractivity contribution in [1.82, 2.24) is 48.2 Å². The Morgan fingerprint density at radius 2 is 0.536 bits per heavy atom. The third kappa shape index (κ3) is 12.0. The lowest BCUT2D eigenvalue weighted by molar-refractivity contribution is 0.00578. The van der Waals surface area contributed by atoms with E-state index in [1.165, 1.54) is 43.6 Å². The summed E-state index contributed by atoms with van der Waals surface area (Å²) in [4.78, 5) is 29.9. The molecule has 526 valence electrons. The largest absolute Gasteiger partial charge is 0.494 e. The molecular weight excluding hydrogens is 1420 g/mol. The highest BCUT2D eigenvalue weighted by atomic mass is 79.9. The Kier molecular flexibility index (Phi) is 17.1. The van der Waals surface area contributed by atoms with Gasteiger partial charge in [0, 0.05) is 86.8 Å². The molecule has 0 aliphatic carbocycles. The number of para-hydroxylation sites is 8. The maximum Gasteiger partial charge on any atom is 0.494 e. The predicted octanol–water partition coefficient (Wildman–Crippen LogP) is 23.2. The lowest BCUT2D eigenvalue weighted by Gasteiger charge is -2.32. The summed E-state index contributed by atoms with van der Waals surface area (Å²) >= 11 is 3.76. The summed E-state index contributed by atoms with van der Waals surface area (Å²) in [6.45, 7) is 8.33. The molecule has 21 rings (SSSR count). The van der Waals surface area contributed by atoms with Crippen LogP contribution in [-0.4, -0.2) is 66.5 Å². The van der Waals surface area contributed by atoms with Gasteiger partial charge in [-0.15, -0.1) is 0 Å².